The molecule has 0 atom stereocenters. The van der Waals surface area contributed by atoms with Gasteiger partial charge in [-0.1, -0.05) is 18.2 Å². The Labute approximate surface area is 124 Å². The number of hydrogen-bond acceptors (Lipinski definition) is 5. The van der Waals surface area contributed by atoms with E-state index in [4.69, 9.17) is 4.18 Å². The third kappa shape index (κ3) is 3.37. The van der Waals surface area contributed by atoms with Crippen LogP contribution in [-0.2, 0) is 4.18 Å². The van der Waals surface area contributed by atoms with Crippen molar-refractivity contribution >= 4 is 29.3 Å². The van der Waals surface area contributed by atoms with Crippen molar-refractivity contribution in [2.24, 2.45) is 0 Å². The fourth-order valence-corrected chi connectivity index (χ4v) is 2.29. The van der Waals surface area contributed by atoms with Crippen LogP contribution in [0.5, 0.6) is 0 Å². The summed E-state index contributed by atoms with van der Waals surface area (Å²) in [5, 5.41) is 6.31. The molecule has 20 heavy (non-hydrogen) atoms. The van der Waals surface area contributed by atoms with Crippen molar-refractivity contribution in [3.05, 3.63) is 42.5 Å². The fraction of sp³-hybridized carbons (Fsp3) is 0.200. The lowest BCUT2D eigenvalue weighted by molar-refractivity contribution is 0.492. The van der Waals surface area contributed by atoms with Crippen molar-refractivity contribution < 1.29 is 4.18 Å². The maximum absolute atomic E-state index is 4.96. The molecule has 0 aliphatic heterocycles. The Hall–Kier alpha value is -1.85. The normalized spacial score (nSPS) is 10.2. The molecule has 0 radical (unpaired) electrons. The summed E-state index contributed by atoms with van der Waals surface area (Å²) in [7, 11) is 5.46. The summed E-state index contributed by atoms with van der Waals surface area (Å²) in [4.78, 5) is 0. The molecule has 4 nitrogen and oxygen atoms in total. The largest absolute Gasteiger partial charge is 0.388 e. The predicted molar refractivity (Wildman–Crippen MR) is 89.2 cm³/mol. The molecule has 2 aromatic rings. The van der Waals surface area contributed by atoms with Gasteiger partial charge in [-0.2, -0.15) is 0 Å². The molecule has 2 rings (SSSR count). The Morgan fingerprint density at radius 3 is 2.15 bits per heavy atom. The van der Waals surface area contributed by atoms with Gasteiger partial charge in [-0.05, 0) is 35.4 Å². The minimum atomic E-state index is 0.995. The van der Waals surface area contributed by atoms with E-state index >= 15 is 0 Å². The summed E-state index contributed by atoms with van der Waals surface area (Å²) in [6.45, 7) is 0. The molecular weight excluding hydrogens is 270 g/mol. The number of benzene rings is 2. The van der Waals surface area contributed by atoms with Gasteiger partial charge in [0, 0.05) is 19.8 Å². The van der Waals surface area contributed by atoms with Gasteiger partial charge in [-0.15, -0.1) is 0 Å². The first kappa shape index (κ1) is 14.6. The second-order valence-corrected chi connectivity index (χ2v) is 4.89. The summed E-state index contributed by atoms with van der Waals surface area (Å²) in [5.74, 6) is 0. The van der Waals surface area contributed by atoms with Gasteiger partial charge >= 0.3 is 0 Å². The van der Waals surface area contributed by atoms with Gasteiger partial charge in [0.1, 0.15) is 12.2 Å². The third-order valence-electron chi connectivity index (χ3n) is 3.03. The van der Waals surface area contributed by atoms with Crippen LogP contribution in [0.25, 0.3) is 11.1 Å². The van der Waals surface area contributed by atoms with Crippen LogP contribution in [0.4, 0.5) is 17.1 Å². The Kier molecular flexibility index (Phi) is 5.15. The van der Waals surface area contributed by atoms with Gasteiger partial charge in [-0.3, -0.25) is 0 Å². The highest BCUT2D eigenvalue weighted by atomic mass is 32.2. The lowest BCUT2D eigenvalue weighted by Gasteiger charge is -2.12. The summed E-state index contributed by atoms with van der Waals surface area (Å²) < 4.78 is 8.09. The smallest absolute Gasteiger partial charge is 0.111 e. The average Bonchev–Trinajstić information content (AvgIpc) is 2.52. The van der Waals surface area contributed by atoms with Crippen LogP contribution < -0.4 is 15.4 Å². The predicted octanol–water partition coefficient (Wildman–Crippen LogP) is 4.06. The van der Waals surface area contributed by atoms with Crippen LogP contribution in [0.15, 0.2) is 42.5 Å². The molecule has 3 N–H and O–H groups in total. The van der Waals surface area contributed by atoms with Gasteiger partial charge < -0.3 is 19.5 Å². The minimum absolute atomic E-state index is 0.995. The molecule has 0 fully saturated rings. The van der Waals surface area contributed by atoms with Crippen LogP contribution in [0.3, 0.4) is 0 Å². The summed E-state index contributed by atoms with van der Waals surface area (Å²) in [5.41, 5.74) is 5.49. The van der Waals surface area contributed by atoms with E-state index in [1.165, 1.54) is 23.4 Å². The van der Waals surface area contributed by atoms with Gasteiger partial charge in [0.05, 0.1) is 18.5 Å². The molecular formula is C15H19N3OS. The highest BCUT2D eigenvalue weighted by molar-refractivity contribution is 7.96. The van der Waals surface area contributed by atoms with E-state index in [9.17, 15) is 0 Å². The van der Waals surface area contributed by atoms with Crippen LogP contribution in [0, 0.1) is 0 Å². The van der Waals surface area contributed by atoms with Crippen LogP contribution >= 0.6 is 12.2 Å². The molecule has 0 bridgehead atoms. The molecule has 0 amide bonds. The van der Waals surface area contributed by atoms with E-state index in [-0.39, 0.29) is 0 Å². The van der Waals surface area contributed by atoms with E-state index in [2.05, 4.69) is 51.8 Å². The Morgan fingerprint density at radius 2 is 1.55 bits per heavy atom. The number of nitrogens with one attached hydrogen (secondary N) is 3. The molecule has 0 saturated heterocycles. The van der Waals surface area contributed by atoms with Gasteiger partial charge in [0.2, 0.25) is 0 Å². The standard InChI is InChI=1S/C15H19N3OS/c1-16-13-7-4-11(5-8-13)12-6-9-14(18-20-19-3)15(10-12)17-2/h4-10,16-18H,1-3H3. The average molecular weight is 289 g/mol. The Bertz CT molecular complexity index is 558. The first-order chi connectivity index (χ1) is 9.78. The number of anilines is 3. The first-order valence-corrected chi connectivity index (χ1v) is 7.08. The second kappa shape index (κ2) is 7.07. The lowest BCUT2D eigenvalue weighted by atomic mass is 10.0. The quantitative estimate of drug-likeness (QED) is 0.553. The van der Waals surface area contributed by atoms with Crippen molar-refractivity contribution in [3.63, 3.8) is 0 Å². The van der Waals surface area contributed by atoms with Gasteiger partial charge in [0.15, 0.2) is 0 Å². The molecule has 0 spiro atoms. The topological polar surface area (TPSA) is 45.3 Å². The molecule has 5 heteroatoms. The van der Waals surface area contributed by atoms with Gasteiger partial charge in [-0.25, -0.2) is 0 Å². The van der Waals surface area contributed by atoms with Crippen molar-refractivity contribution in [2.45, 2.75) is 0 Å². The van der Waals surface area contributed by atoms with Crippen molar-refractivity contribution in [2.75, 3.05) is 36.6 Å². The minimum Gasteiger partial charge on any atom is -0.388 e. The lowest BCUT2D eigenvalue weighted by Crippen LogP contribution is -1.96. The van der Waals surface area contributed by atoms with Crippen molar-refractivity contribution in [3.8, 4) is 11.1 Å². The van der Waals surface area contributed by atoms with Crippen LogP contribution in [-0.4, -0.2) is 21.2 Å². The van der Waals surface area contributed by atoms with E-state index < -0.39 is 0 Å². The van der Waals surface area contributed by atoms with Crippen molar-refractivity contribution in [1.29, 1.82) is 0 Å². The summed E-state index contributed by atoms with van der Waals surface area (Å²) >= 11 is 1.20. The monoisotopic (exact) mass is 289 g/mol. The molecule has 0 heterocycles. The Morgan fingerprint density at radius 1 is 0.850 bits per heavy atom. The zero-order chi connectivity index (χ0) is 14.4. The molecule has 0 saturated carbocycles. The molecule has 106 valence electrons. The molecule has 2 aromatic carbocycles. The second-order valence-electron chi connectivity index (χ2n) is 4.19. The third-order valence-corrected chi connectivity index (χ3v) is 3.50. The van der Waals surface area contributed by atoms with Crippen LogP contribution in [0.1, 0.15) is 0 Å². The summed E-state index contributed by atoms with van der Waals surface area (Å²) in [6, 6.07) is 14.6. The van der Waals surface area contributed by atoms with E-state index in [0.29, 0.717) is 0 Å². The summed E-state index contributed by atoms with van der Waals surface area (Å²) in [6.07, 6.45) is 0. The molecule has 0 aliphatic carbocycles. The molecule has 0 aliphatic rings. The number of rotatable bonds is 6. The number of hydrogen-bond donors (Lipinski definition) is 3. The van der Waals surface area contributed by atoms with E-state index in [0.717, 1.165) is 17.1 Å². The van der Waals surface area contributed by atoms with E-state index in [1.54, 1.807) is 7.11 Å². The van der Waals surface area contributed by atoms with Gasteiger partial charge in [0.25, 0.3) is 0 Å². The molecule has 0 unspecified atom stereocenters. The zero-order valence-electron chi connectivity index (χ0n) is 11.9. The fourth-order valence-electron chi connectivity index (χ4n) is 1.94. The SMILES string of the molecule is CNc1ccc(-c2ccc(NSOC)c(NC)c2)cc1. The van der Waals surface area contributed by atoms with E-state index in [1.807, 2.05) is 20.2 Å². The zero-order valence-corrected chi connectivity index (χ0v) is 12.7. The maximum Gasteiger partial charge on any atom is 0.111 e. The first-order valence-electron chi connectivity index (χ1n) is 6.34. The maximum atomic E-state index is 4.96. The highest BCUT2D eigenvalue weighted by Crippen LogP contribution is 2.30. The van der Waals surface area contributed by atoms with Crippen molar-refractivity contribution in [1.82, 2.24) is 0 Å². The Balaban J connectivity index is 2.27. The molecule has 0 aromatic heterocycles. The highest BCUT2D eigenvalue weighted by Gasteiger charge is 2.04. The van der Waals surface area contributed by atoms with Crippen LogP contribution in [0.2, 0.25) is 0 Å².